The number of nitrogens with one attached hydrogen (secondary N) is 1. The van der Waals surface area contributed by atoms with Crippen molar-refractivity contribution in [3.05, 3.63) is 24.3 Å². The predicted octanol–water partition coefficient (Wildman–Crippen LogP) is 11.4. The number of carbonyl (C=O) groups is 6. The number of halogens is 2. The Bertz CT molecular complexity index is 1670. The van der Waals surface area contributed by atoms with Gasteiger partial charge in [-0.1, -0.05) is 90.0 Å². The summed E-state index contributed by atoms with van der Waals surface area (Å²) >= 11 is 0. The van der Waals surface area contributed by atoms with Gasteiger partial charge in [0.25, 0.3) is 5.92 Å². The number of amides is 1. The lowest BCUT2D eigenvalue weighted by Gasteiger charge is -2.33. The Morgan fingerprint density at radius 3 is 1.53 bits per heavy atom. The molecule has 16 nitrogen and oxygen atoms in total. The van der Waals surface area contributed by atoms with Gasteiger partial charge in [0.1, 0.15) is 25.9 Å². The second-order valence-corrected chi connectivity index (χ2v) is 21.6. The Hall–Kier alpha value is -4.16. The number of aliphatic hydroxyl groups excluding tert-OH is 1. The second kappa shape index (κ2) is 40.1. The Morgan fingerprint density at radius 1 is 0.584 bits per heavy atom. The van der Waals surface area contributed by atoms with Crippen molar-refractivity contribution >= 4 is 35.9 Å². The number of hydrogen-bond acceptors (Lipinski definition) is 15. The molecule has 3 aliphatic rings. The van der Waals surface area contributed by atoms with E-state index in [1.54, 1.807) is 0 Å². The Kier molecular flexibility index (Phi) is 34.9. The lowest BCUT2D eigenvalue weighted by atomic mass is 9.91. The molecule has 5 atom stereocenters. The molecule has 0 aromatic rings. The summed E-state index contributed by atoms with van der Waals surface area (Å²) in [6, 6.07) is 0. The van der Waals surface area contributed by atoms with Crippen molar-refractivity contribution in [3.8, 4) is 0 Å². The standard InChI is InChI=1S/C59H98F2N2O14/c1-4-7-10-13-15-17-26-39-71-51(64)29-20-22-31-53(66)73-43-58(46-76-56(69)47-41-49-50(42-47)59(49,60)61,44-74-54(67)32-23-21-30-52(65)72-40-27-18-16-14-11-8-5-2)45-75-55(68)34-33-48(28-19-12-9-6-3)77-57(70)62-35-38-63-36-24-25-37-63/h15-18,47-50,56,69H,4-14,19-46H2,1-3H3,(H,62,70)/b17-15-,18-16-/t47?,48?,49-,50?,56?/m0/s1. The van der Waals surface area contributed by atoms with Gasteiger partial charge in [0, 0.05) is 62.9 Å². The quantitative estimate of drug-likeness (QED) is 0.0191. The van der Waals surface area contributed by atoms with Crippen LogP contribution in [0.25, 0.3) is 0 Å². The highest BCUT2D eigenvalue weighted by atomic mass is 19.3. The number of carbonyl (C=O) groups excluding carboxylic acids is 6. The average Bonchev–Trinajstić information content (AvgIpc) is 3.88. The molecule has 4 unspecified atom stereocenters. The number of unbranched alkanes of at least 4 members (excludes halogenated alkanes) is 11. The van der Waals surface area contributed by atoms with Gasteiger partial charge < -0.3 is 48.5 Å². The third kappa shape index (κ3) is 30.1. The van der Waals surface area contributed by atoms with Crippen molar-refractivity contribution in [2.45, 2.75) is 225 Å². The summed E-state index contributed by atoms with van der Waals surface area (Å²) in [4.78, 5) is 80.1. The van der Waals surface area contributed by atoms with Crippen LogP contribution in [0.4, 0.5) is 13.6 Å². The molecule has 0 bridgehead atoms. The van der Waals surface area contributed by atoms with Crippen molar-refractivity contribution in [3.63, 3.8) is 0 Å². The minimum Gasteiger partial charge on any atom is -0.465 e. The summed E-state index contributed by atoms with van der Waals surface area (Å²) in [6.07, 6.45) is 23.7. The predicted molar refractivity (Wildman–Crippen MR) is 289 cm³/mol. The van der Waals surface area contributed by atoms with Crippen LogP contribution < -0.4 is 5.32 Å². The number of aliphatic hydroxyl groups is 1. The number of esters is 5. The Balaban J connectivity index is 1.66. The maximum atomic E-state index is 14.1. The molecule has 0 spiro atoms. The van der Waals surface area contributed by atoms with Crippen molar-refractivity contribution in [2.24, 2.45) is 23.2 Å². The van der Waals surface area contributed by atoms with Crippen molar-refractivity contribution < 1.29 is 75.8 Å². The highest BCUT2D eigenvalue weighted by molar-refractivity contribution is 5.72. The third-order valence-electron chi connectivity index (χ3n) is 14.7. The smallest absolute Gasteiger partial charge is 0.407 e. The SMILES string of the molecule is CCCCC/C=C\CCOC(=O)CCCCC(=O)OCC(COC(=O)CCCCC(=O)OCC/C=C\CCCCC)(COC(=O)CCC(CCCCCC)OC(=O)NCCN1CCCC1)COC(O)C1CC2[C@H](C1)C2(F)F. The summed E-state index contributed by atoms with van der Waals surface area (Å²) in [7, 11) is 0. The van der Waals surface area contributed by atoms with Crippen LogP contribution in [0.2, 0.25) is 0 Å². The number of nitrogens with zero attached hydrogens (tertiary/aromatic N) is 1. The highest BCUT2D eigenvalue weighted by Gasteiger charge is 2.72. The zero-order chi connectivity index (χ0) is 56.0. The van der Waals surface area contributed by atoms with Crippen LogP contribution in [0.15, 0.2) is 24.3 Å². The van der Waals surface area contributed by atoms with E-state index >= 15 is 0 Å². The van der Waals surface area contributed by atoms with Crippen LogP contribution in [0.5, 0.6) is 0 Å². The molecule has 2 N–H and O–H groups in total. The maximum absolute atomic E-state index is 14.1. The van der Waals surface area contributed by atoms with Gasteiger partial charge in [-0.2, -0.15) is 0 Å². The lowest BCUT2D eigenvalue weighted by Crippen LogP contribution is -2.45. The van der Waals surface area contributed by atoms with E-state index in [0.29, 0.717) is 51.5 Å². The first-order chi connectivity index (χ1) is 37.2. The maximum Gasteiger partial charge on any atom is 0.407 e. The second-order valence-electron chi connectivity index (χ2n) is 21.6. The summed E-state index contributed by atoms with van der Waals surface area (Å²) < 4.78 is 68.0. The monoisotopic (exact) mass is 1100 g/mol. The Labute approximate surface area is 459 Å². The van der Waals surface area contributed by atoms with Gasteiger partial charge in [-0.05, 0) is 122 Å². The lowest BCUT2D eigenvalue weighted by molar-refractivity contribution is -0.192. The van der Waals surface area contributed by atoms with Crippen LogP contribution in [0.3, 0.4) is 0 Å². The number of rotatable bonds is 46. The van der Waals surface area contributed by atoms with E-state index in [9.17, 15) is 42.7 Å². The molecule has 1 aliphatic heterocycles. The topological polar surface area (TPSA) is 203 Å². The van der Waals surface area contributed by atoms with E-state index < -0.39 is 91.9 Å². The number of ether oxygens (including phenoxy) is 7. The number of alkyl halides is 2. The first kappa shape index (κ1) is 67.1. The van der Waals surface area contributed by atoms with Crippen LogP contribution in [-0.4, -0.2) is 130 Å². The van der Waals surface area contributed by atoms with E-state index in [4.69, 9.17) is 33.2 Å². The molecule has 2 saturated carbocycles. The molecule has 0 radical (unpaired) electrons. The molecular formula is C59H98F2N2O14. The molecule has 0 aromatic carbocycles. The van der Waals surface area contributed by atoms with Crippen molar-refractivity contribution in [1.29, 1.82) is 0 Å². The number of likely N-dealkylation sites (tertiary alicyclic amines) is 1. The minimum atomic E-state index is -2.77. The summed E-state index contributed by atoms with van der Waals surface area (Å²) in [5.74, 6) is -7.77. The first-order valence-corrected chi connectivity index (χ1v) is 29.6. The fraction of sp³-hybridized carbons (Fsp3) is 0.831. The van der Waals surface area contributed by atoms with Gasteiger partial charge in [0.05, 0.1) is 25.2 Å². The van der Waals surface area contributed by atoms with E-state index in [1.165, 1.54) is 12.8 Å². The molecule has 77 heavy (non-hydrogen) atoms. The number of fused-ring (bicyclic) bond motifs is 1. The summed E-state index contributed by atoms with van der Waals surface area (Å²) in [5, 5.41) is 14.0. The van der Waals surface area contributed by atoms with E-state index in [2.05, 4.69) is 43.1 Å². The third-order valence-corrected chi connectivity index (χ3v) is 14.7. The van der Waals surface area contributed by atoms with E-state index in [1.807, 2.05) is 12.2 Å². The fourth-order valence-corrected chi connectivity index (χ4v) is 9.70. The Morgan fingerprint density at radius 2 is 1.04 bits per heavy atom. The van der Waals surface area contributed by atoms with Gasteiger partial charge in [-0.15, -0.1) is 0 Å². The van der Waals surface area contributed by atoms with Crippen LogP contribution in [0, 0.1) is 23.2 Å². The molecule has 442 valence electrons. The summed E-state index contributed by atoms with van der Waals surface area (Å²) in [6.45, 7) is 8.16. The molecular weight excluding hydrogens is 999 g/mol. The fourth-order valence-electron chi connectivity index (χ4n) is 9.70. The molecule has 0 aromatic heterocycles. The molecule has 3 fully saturated rings. The van der Waals surface area contributed by atoms with Gasteiger partial charge in [-0.3, -0.25) is 24.0 Å². The van der Waals surface area contributed by atoms with Gasteiger partial charge in [0.15, 0.2) is 6.29 Å². The van der Waals surface area contributed by atoms with Crippen LogP contribution >= 0.6 is 0 Å². The van der Waals surface area contributed by atoms with E-state index in [0.717, 1.165) is 96.7 Å². The number of hydrogen-bond donors (Lipinski definition) is 2. The van der Waals surface area contributed by atoms with Crippen LogP contribution in [-0.2, 0) is 57.1 Å². The van der Waals surface area contributed by atoms with E-state index in [-0.39, 0.29) is 76.5 Å². The first-order valence-electron chi connectivity index (χ1n) is 29.6. The molecule has 1 heterocycles. The van der Waals surface area contributed by atoms with Gasteiger partial charge >= 0.3 is 35.9 Å². The minimum absolute atomic E-state index is 0.0520. The zero-order valence-corrected chi connectivity index (χ0v) is 47.2. The van der Waals surface area contributed by atoms with Crippen molar-refractivity contribution in [2.75, 3.05) is 65.8 Å². The van der Waals surface area contributed by atoms with Crippen LogP contribution in [0.1, 0.15) is 207 Å². The molecule has 2 aliphatic carbocycles. The molecule has 1 saturated heterocycles. The highest BCUT2D eigenvalue weighted by Crippen LogP contribution is 2.66. The largest absolute Gasteiger partial charge is 0.465 e. The number of allylic oxidation sites excluding steroid dienone is 2. The normalized spacial score (nSPS) is 18.7. The molecule has 1 amide bonds. The average molecular weight is 1100 g/mol. The molecule has 18 heteroatoms. The van der Waals surface area contributed by atoms with Gasteiger partial charge in [-0.25, -0.2) is 13.6 Å². The number of alkyl carbamates (subject to hydrolysis) is 1. The summed E-state index contributed by atoms with van der Waals surface area (Å²) in [5.41, 5.74) is -1.57. The zero-order valence-electron chi connectivity index (χ0n) is 47.2. The molecule has 3 rings (SSSR count). The van der Waals surface area contributed by atoms with Gasteiger partial charge in [0.2, 0.25) is 0 Å². The van der Waals surface area contributed by atoms with Crippen molar-refractivity contribution in [1.82, 2.24) is 10.2 Å².